The van der Waals surface area contributed by atoms with Gasteiger partial charge in [0.15, 0.2) is 0 Å². The van der Waals surface area contributed by atoms with Gasteiger partial charge >= 0.3 is 6.36 Å². The molecule has 6 nitrogen and oxygen atoms in total. The van der Waals surface area contributed by atoms with E-state index in [9.17, 15) is 18.0 Å². The van der Waals surface area contributed by atoms with Crippen molar-refractivity contribution in [3.63, 3.8) is 0 Å². The molecule has 1 N–H and O–H groups in total. The van der Waals surface area contributed by atoms with Crippen LogP contribution in [0.5, 0.6) is 5.75 Å². The molecule has 4 rings (SSSR count). The number of methoxy groups -OCH3 is 1. The SMILES string of the molecule is COC1(c2ccc(CN(CCc3cccc(OC(F)(F)F)c3)C(=O)c3cc(Cl)ccc3NCC#N)cc2)CC1. The van der Waals surface area contributed by atoms with Crippen molar-refractivity contribution >= 4 is 23.2 Å². The molecular weight excluding hydrogens is 531 g/mol. The average molecular weight is 558 g/mol. The van der Waals surface area contributed by atoms with Crippen LogP contribution in [-0.2, 0) is 23.3 Å². The molecule has 0 unspecified atom stereocenters. The Morgan fingerprint density at radius 2 is 1.85 bits per heavy atom. The van der Waals surface area contributed by atoms with E-state index in [1.807, 2.05) is 30.3 Å². The maximum Gasteiger partial charge on any atom is 0.573 e. The number of carbonyl (C=O) groups is 1. The lowest BCUT2D eigenvalue weighted by molar-refractivity contribution is -0.274. The maximum atomic E-state index is 13.8. The standard InChI is InChI=1S/C29H27ClF3N3O3/c1-38-28(12-13-28)22-7-5-21(6-8-22)19-36(16-11-20-3-2-4-24(17-20)39-29(31,32)33)27(37)25-18-23(30)9-10-26(25)35-15-14-34/h2-10,17-18,35H,11-13,15-16,19H2,1H3. The first-order valence-corrected chi connectivity index (χ1v) is 12.7. The number of hydrogen-bond donors (Lipinski definition) is 1. The van der Waals surface area contributed by atoms with Gasteiger partial charge in [-0.3, -0.25) is 4.79 Å². The molecule has 3 aromatic rings. The van der Waals surface area contributed by atoms with Crippen LogP contribution in [-0.4, -0.2) is 37.4 Å². The van der Waals surface area contributed by atoms with Crippen molar-refractivity contribution in [2.75, 3.05) is 25.5 Å². The Bertz CT molecular complexity index is 1350. The molecule has 0 aromatic heterocycles. The first kappa shape index (κ1) is 28.3. The van der Waals surface area contributed by atoms with Crippen molar-refractivity contribution in [1.82, 2.24) is 4.90 Å². The predicted molar refractivity (Wildman–Crippen MR) is 141 cm³/mol. The molecule has 0 heterocycles. The highest BCUT2D eigenvalue weighted by molar-refractivity contribution is 6.31. The molecule has 0 saturated heterocycles. The molecule has 1 saturated carbocycles. The minimum absolute atomic E-state index is 0.00335. The van der Waals surface area contributed by atoms with Gasteiger partial charge in [0.25, 0.3) is 5.91 Å². The van der Waals surface area contributed by atoms with Gasteiger partial charge in [0.2, 0.25) is 0 Å². The van der Waals surface area contributed by atoms with Gasteiger partial charge in [0.05, 0.1) is 17.2 Å². The van der Waals surface area contributed by atoms with E-state index < -0.39 is 6.36 Å². The molecule has 1 amide bonds. The van der Waals surface area contributed by atoms with E-state index in [1.165, 1.54) is 24.3 Å². The van der Waals surface area contributed by atoms with Crippen LogP contribution in [0.2, 0.25) is 5.02 Å². The number of rotatable bonds is 11. The zero-order chi connectivity index (χ0) is 28.0. The number of benzene rings is 3. The lowest BCUT2D eigenvalue weighted by Gasteiger charge is -2.25. The normalized spacial score (nSPS) is 13.8. The van der Waals surface area contributed by atoms with Gasteiger partial charge in [0.1, 0.15) is 12.3 Å². The minimum Gasteiger partial charge on any atom is -0.406 e. The lowest BCUT2D eigenvalue weighted by atomic mass is 10.0. The first-order valence-electron chi connectivity index (χ1n) is 12.3. The summed E-state index contributed by atoms with van der Waals surface area (Å²) in [5, 5.41) is 12.3. The van der Waals surface area contributed by atoms with Crippen LogP contribution in [0.15, 0.2) is 66.7 Å². The molecule has 1 aliphatic carbocycles. The summed E-state index contributed by atoms with van der Waals surface area (Å²) in [6.45, 7) is 0.459. The Morgan fingerprint density at radius 1 is 1.10 bits per heavy atom. The molecule has 0 atom stereocenters. The molecule has 1 aliphatic rings. The van der Waals surface area contributed by atoms with Crippen molar-refractivity contribution in [2.24, 2.45) is 0 Å². The number of hydrogen-bond acceptors (Lipinski definition) is 5. The van der Waals surface area contributed by atoms with Gasteiger partial charge in [0, 0.05) is 30.9 Å². The molecule has 0 bridgehead atoms. The van der Waals surface area contributed by atoms with Crippen LogP contribution in [0, 0.1) is 11.3 Å². The van der Waals surface area contributed by atoms with Crippen molar-refractivity contribution in [3.05, 3.63) is 94.0 Å². The van der Waals surface area contributed by atoms with Crippen LogP contribution in [0.25, 0.3) is 0 Å². The summed E-state index contributed by atoms with van der Waals surface area (Å²) in [5.74, 6) is -0.654. The second kappa shape index (κ2) is 12.0. The van der Waals surface area contributed by atoms with E-state index in [4.69, 9.17) is 21.6 Å². The van der Waals surface area contributed by atoms with Gasteiger partial charge in [-0.1, -0.05) is 48.0 Å². The van der Waals surface area contributed by atoms with E-state index in [0.29, 0.717) is 21.8 Å². The first-order chi connectivity index (χ1) is 18.6. The fraction of sp³-hybridized carbons (Fsp3) is 0.310. The van der Waals surface area contributed by atoms with Gasteiger partial charge < -0.3 is 19.7 Å². The molecule has 204 valence electrons. The molecule has 0 aliphatic heterocycles. The Balaban J connectivity index is 1.59. The number of nitriles is 1. The number of ether oxygens (including phenoxy) is 2. The fourth-order valence-corrected chi connectivity index (χ4v) is 4.60. The second-order valence-electron chi connectivity index (χ2n) is 9.27. The van der Waals surface area contributed by atoms with Crippen LogP contribution in [0.3, 0.4) is 0 Å². The highest BCUT2D eigenvalue weighted by atomic mass is 35.5. The highest BCUT2D eigenvalue weighted by Gasteiger charge is 2.44. The van der Waals surface area contributed by atoms with Crippen molar-refractivity contribution in [1.29, 1.82) is 5.26 Å². The minimum atomic E-state index is -4.80. The molecular formula is C29H27ClF3N3O3. The van der Waals surface area contributed by atoms with E-state index >= 15 is 0 Å². The number of nitrogens with zero attached hydrogens (tertiary/aromatic N) is 2. The molecule has 0 spiro atoms. The zero-order valence-electron chi connectivity index (χ0n) is 21.2. The Hall–Kier alpha value is -3.74. The summed E-state index contributed by atoms with van der Waals surface area (Å²) >= 11 is 6.20. The summed E-state index contributed by atoms with van der Waals surface area (Å²) in [6.07, 6.45) is -2.60. The Kier molecular flexibility index (Phi) is 8.68. The number of anilines is 1. The smallest absolute Gasteiger partial charge is 0.406 e. The number of amides is 1. The van der Waals surface area contributed by atoms with Gasteiger partial charge in [-0.15, -0.1) is 13.2 Å². The molecule has 1 fully saturated rings. The largest absolute Gasteiger partial charge is 0.573 e. The zero-order valence-corrected chi connectivity index (χ0v) is 22.0. The monoisotopic (exact) mass is 557 g/mol. The second-order valence-corrected chi connectivity index (χ2v) is 9.71. The van der Waals surface area contributed by atoms with Crippen LogP contribution in [0.1, 0.15) is 39.9 Å². The third-order valence-corrected chi connectivity index (χ3v) is 6.84. The molecule has 10 heteroatoms. The van der Waals surface area contributed by atoms with Gasteiger partial charge in [-0.05, 0) is 66.3 Å². The number of nitrogens with one attached hydrogen (secondary N) is 1. The maximum absolute atomic E-state index is 13.8. The van der Waals surface area contributed by atoms with Gasteiger partial charge in [-0.2, -0.15) is 5.26 Å². The number of alkyl halides is 3. The summed E-state index contributed by atoms with van der Waals surface area (Å²) in [5.41, 5.74) is 3.05. The Morgan fingerprint density at radius 3 is 2.49 bits per heavy atom. The van der Waals surface area contributed by atoms with Crippen LogP contribution >= 0.6 is 11.6 Å². The average Bonchev–Trinajstić information content (AvgIpc) is 3.71. The van der Waals surface area contributed by atoms with E-state index in [0.717, 1.165) is 24.0 Å². The molecule has 0 radical (unpaired) electrons. The van der Waals surface area contributed by atoms with Crippen molar-refractivity contribution in [2.45, 2.75) is 37.8 Å². The quantitative estimate of drug-likeness (QED) is 0.266. The summed E-state index contributed by atoms with van der Waals surface area (Å²) in [7, 11) is 1.69. The summed E-state index contributed by atoms with van der Waals surface area (Å²) in [6, 6.07) is 20.4. The fourth-order valence-electron chi connectivity index (χ4n) is 4.43. The lowest BCUT2D eigenvalue weighted by Crippen LogP contribution is -2.33. The third kappa shape index (κ3) is 7.43. The van der Waals surface area contributed by atoms with Crippen LogP contribution < -0.4 is 10.1 Å². The van der Waals surface area contributed by atoms with E-state index in [1.54, 1.807) is 30.2 Å². The van der Waals surface area contributed by atoms with E-state index in [2.05, 4.69) is 10.1 Å². The van der Waals surface area contributed by atoms with E-state index in [-0.39, 0.29) is 43.3 Å². The van der Waals surface area contributed by atoms with Crippen LogP contribution in [0.4, 0.5) is 18.9 Å². The molecule has 3 aromatic carbocycles. The summed E-state index contributed by atoms with van der Waals surface area (Å²) in [4.78, 5) is 15.4. The Labute approximate surface area is 229 Å². The number of carbonyl (C=O) groups excluding carboxylic acids is 1. The third-order valence-electron chi connectivity index (χ3n) is 6.61. The number of halogens is 4. The van der Waals surface area contributed by atoms with Crippen molar-refractivity contribution in [3.8, 4) is 11.8 Å². The molecule has 39 heavy (non-hydrogen) atoms. The van der Waals surface area contributed by atoms with Crippen molar-refractivity contribution < 1.29 is 27.4 Å². The highest BCUT2D eigenvalue weighted by Crippen LogP contribution is 2.48. The summed E-state index contributed by atoms with van der Waals surface area (Å²) < 4.78 is 47.8. The predicted octanol–water partition coefficient (Wildman–Crippen LogP) is 6.69. The van der Waals surface area contributed by atoms with Gasteiger partial charge in [-0.25, -0.2) is 0 Å². The topological polar surface area (TPSA) is 74.6 Å².